The minimum Gasteiger partial charge on any atom is -0.497 e. The lowest BCUT2D eigenvalue weighted by atomic mass is 10.1. The van der Waals surface area contributed by atoms with Crippen molar-refractivity contribution in [2.45, 2.75) is 20.0 Å². The number of benzene rings is 3. The molecule has 0 spiro atoms. The first-order chi connectivity index (χ1) is 14.5. The number of nitrogens with zero attached hydrogens (tertiary/aromatic N) is 1. The molecule has 1 heterocycles. The van der Waals surface area contributed by atoms with E-state index in [2.05, 4.69) is 0 Å². The van der Waals surface area contributed by atoms with E-state index in [0.717, 1.165) is 39.1 Å². The zero-order valence-electron chi connectivity index (χ0n) is 17.1. The highest BCUT2D eigenvalue weighted by atomic mass is 35.5. The molecule has 5 heteroatoms. The zero-order chi connectivity index (χ0) is 21.1. The van der Waals surface area contributed by atoms with E-state index in [1.807, 2.05) is 86.6 Å². The minimum absolute atomic E-state index is 0.127. The molecule has 0 radical (unpaired) electrons. The summed E-state index contributed by atoms with van der Waals surface area (Å²) >= 11 is 6.04. The van der Waals surface area contributed by atoms with E-state index in [0.29, 0.717) is 10.8 Å². The fraction of sp³-hybridized carbons (Fsp3) is 0.160. The summed E-state index contributed by atoms with van der Waals surface area (Å²) in [6.07, 6.45) is 0.127. The molecule has 3 aromatic carbocycles. The van der Waals surface area contributed by atoms with Gasteiger partial charge in [-0.3, -0.25) is 0 Å². The molecular weight excluding hydrogens is 398 g/mol. The maximum absolute atomic E-state index is 6.15. The summed E-state index contributed by atoms with van der Waals surface area (Å²) in [6, 6.07) is 22.9. The smallest absolute Gasteiger partial charge is 0.137 e. The largest absolute Gasteiger partial charge is 0.497 e. The predicted octanol–water partition coefficient (Wildman–Crippen LogP) is 6.78. The molecule has 0 saturated heterocycles. The van der Waals surface area contributed by atoms with Crippen molar-refractivity contribution < 1.29 is 13.9 Å². The summed E-state index contributed by atoms with van der Waals surface area (Å²) in [7, 11) is 1.64. The fourth-order valence-electron chi connectivity index (χ4n) is 3.13. The second kappa shape index (κ2) is 8.64. The van der Waals surface area contributed by atoms with E-state index in [1.54, 1.807) is 7.11 Å². The van der Waals surface area contributed by atoms with E-state index in [4.69, 9.17) is 30.5 Å². The number of hydrogen-bond donors (Lipinski definition) is 0. The summed E-state index contributed by atoms with van der Waals surface area (Å²) in [6.45, 7) is 4.01. The monoisotopic (exact) mass is 419 g/mol. The lowest BCUT2D eigenvalue weighted by molar-refractivity contribution is 0.242. The van der Waals surface area contributed by atoms with Crippen molar-refractivity contribution in [2.75, 3.05) is 7.11 Å². The van der Waals surface area contributed by atoms with Crippen LogP contribution in [0.25, 0.3) is 22.3 Å². The van der Waals surface area contributed by atoms with Gasteiger partial charge in [0.05, 0.1) is 24.3 Å². The summed E-state index contributed by atoms with van der Waals surface area (Å²) in [4.78, 5) is 4.87. The molecule has 0 N–H and O–H groups in total. The molecule has 0 saturated carbocycles. The van der Waals surface area contributed by atoms with E-state index in [9.17, 15) is 0 Å². The molecule has 0 fully saturated rings. The predicted molar refractivity (Wildman–Crippen MR) is 121 cm³/mol. The molecule has 152 valence electrons. The van der Waals surface area contributed by atoms with Gasteiger partial charge < -0.3 is 13.9 Å². The molecule has 0 unspecified atom stereocenters. The Morgan fingerprint density at radius 2 is 1.57 bits per heavy atom. The molecule has 4 aromatic rings. The molecule has 0 amide bonds. The van der Waals surface area contributed by atoms with Crippen molar-refractivity contribution in [1.82, 2.24) is 0 Å². The van der Waals surface area contributed by atoms with Crippen LogP contribution in [-0.2, 0) is 0 Å². The molecule has 0 aliphatic heterocycles. The quantitative estimate of drug-likeness (QED) is 0.358. The number of fused-ring (bicyclic) bond motifs is 1. The van der Waals surface area contributed by atoms with Crippen LogP contribution in [0.1, 0.15) is 13.8 Å². The summed E-state index contributed by atoms with van der Waals surface area (Å²) in [5.41, 5.74) is 2.47. The average molecular weight is 420 g/mol. The van der Waals surface area contributed by atoms with Gasteiger partial charge in [-0.05, 0) is 80.6 Å². The Morgan fingerprint density at radius 3 is 2.23 bits per heavy atom. The van der Waals surface area contributed by atoms with Gasteiger partial charge in [-0.2, -0.15) is 0 Å². The highest BCUT2D eigenvalue weighted by Gasteiger charge is 2.08. The van der Waals surface area contributed by atoms with Gasteiger partial charge in [0.15, 0.2) is 0 Å². The lowest BCUT2D eigenvalue weighted by Gasteiger charge is -2.09. The number of ether oxygens (including phenoxy) is 2. The van der Waals surface area contributed by atoms with Crippen LogP contribution < -0.4 is 14.8 Å². The van der Waals surface area contributed by atoms with Gasteiger partial charge in [-0.25, -0.2) is 4.99 Å². The molecule has 4 rings (SSSR count). The van der Waals surface area contributed by atoms with E-state index < -0.39 is 0 Å². The Labute approximate surface area is 180 Å². The molecule has 0 atom stereocenters. The van der Waals surface area contributed by atoms with Gasteiger partial charge in [0.1, 0.15) is 22.8 Å². The van der Waals surface area contributed by atoms with E-state index in [-0.39, 0.29) is 6.10 Å². The zero-order valence-corrected chi connectivity index (χ0v) is 17.8. The standard InChI is InChI=1S/C25H22ClNO3/c1-16(2)29-20-10-8-19(9-11-20)27-23-15-25(17-4-6-18(26)7-5-17)30-24-13-12-21(28-3)14-22(23)24/h4-16H,1-3H3. The third-order valence-electron chi connectivity index (χ3n) is 4.54. The van der Waals surface area contributed by atoms with Crippen molar-refractivity contribution in [1.29, 1.82) is 0 Å². The van der Waals surface area contributed by atoms with Crippen LogP contribution in [-0.4, -0.2) is 13.2 Å². The Hall–Kier alpha value is -3.24. The summed E-state index contributed by atoms with van der Waals surface area (Å²) in [5.74, 6) is 2.28. The minimum atomic E-state index is 0.127. The van der Waals surface area contributed by atoms with E-state index >= 15 is 0 Å². The molecule has 0 aliphatic carbocycles. The number of halogens is 1. The first-order valence-electron chi connectivity index (χ1n) is 9.71. The van der Waals surface area contributed by atoms with Crippen LogP contribution in [0, 0.1) is 0 Å². The van der Waals surface area contributed by atoms with Crippen LogP contribution >= 0.6 is 11.6 Å². The van der Waals surface area contributed by atoms with Crippen molar-refractivity contribution in [3.05, 3.63) is 83.2 Å². The van der Waals surface area contributed by atoms with Crippen molar-refractivity contribution in [3.8, 4) is 22.8 Å². The normalized spacial score (nSPS) is 11.8. The molecule has 0 bridgehead atoms. The van der Waals surface area contributed by atoms with Crippen LogP contribution in [0.15, 0.2) is 82.2 Å². The van der Waals surface area contributed by atoms with Gasteiger partial charge in [0.25, 0.3) is 0 Å². The third kappa shape index (κ3) is 4.50. The highest BCUT2D eigenvalue weighted by Crippen LogP contribution is 2.26. The number of hydrogen-bond acceptors (Lipinski definition) is 4. The molecular formula is C25H22ClNO3. The van der Waals surface area contributed by atoms with Gasteiger partial charge in [-0.1, -0.05) is 11.6 Å². The summed E-state index contributed by atoms with van der Waals surface area (Å²) < 4.78 is 17.3. The maximum atomic E-state index is 6.15. The van der Waals surface area contributed by atoms with Gasteiger partial charge in [-0.15, -0.1) is 0 Å². The average Bonchev–Trinajstić information content (AvgIpc) is 2.75. The second-order valence-corrected chi connectivity index (χ2v) is 7.57. The fourth-order valence-corrected chi connectivity index (χ4v) is 3.26. The first-order valence-corrected chi connectivity index (χ1v) is 10.1. The molecule has 30 heavy (non-hydrogen) atoms. The van der Waals surface area contributed by atoms with Crippen molar-refractivity contribution in [2.24, 2.45) is 4.99 Å². The van der Waals surface area contributed by atoms with Crippen LogP contribution in [0.4, 0.5) is 5.69 Å². The third-order valence-corrected chi connectivity index (χ3v) is 4.79. The van der Waals surface area contributed by atoms with Crippen molar-refractivity contribution in [3.63, 3.8) is 0 Å². The lowest BCUT2D eigenvalue weighted by Crippen LogP contribution is -2.05. The van der Waals surface area contributed by atoms with E-state index in [1.165, 1.54) is 0 Å². The van der Waals surface area contributed by atoms with Gasteiger partial charge >= 0.3 is 0 Å². The van der Waals surface area contributed by atoms with Crippen LogP contribution in [0.3, 0.4) is 0 Å². The first kappa shape index (κ1) is 20.0. The Bertz CT molecular complexity index is 1230. The Balaban J connectivity index is 1.87. The van der Waals surface area contributed by atoms with Gasteiger partial charge in [0.2, 0.25) is 0 Å². The Morgan fingerprint density at radius 1 is 0.867 bits per heavy atom. The summed E-state index contributed by atoms with van der Waals surface area (Å²) in [5, 5.41) is 2.34. The topological polar surface area (TPSA) is 44.0 Å². The molecule has 4 nitrogen and oxygen atoms in total. The SMILES string of the molecule is COc1ccc2oc(-c3ccc(Cl)cc3)cc(=Nc3ccc(OC(C)C)cc3)c2c1. The molecule has 0 aliphatic rings. The second-order valence-electron chi connectivity index (χ2n) is 7.14. The molecule has 1 aromatic heterocycles. The number of methoxy groups -OCH3 is 1. The number of rotatable bonds is 5. The van der Waals surface area contributed by atoms with Crippen molar-refractivity contribution >= 4 is 28.3 Å². The Kier molecular flexibility index (Phi) is 5.77. The highest BCUT2D eigenvalue weighted by molar-refractivity contribution is 6.30. The van der Waals surface area contributed by atoms with Crippen LogP contribution in [0.5, 0.6) is 11.5 Å². The van der Waals surface area contributed by atoms with Crippen LogP contribution in [0.2, 0.25) is 5.02 Å². The van der Waals surface area contributed by atoms with Gasteiger partial charge in [0, 0.05) is 22.0 Å². The maximum Gasteiger partial charge on any atom is 0.137 e.